The van der Waals surface area contributed by atoms with Crippen LogP contribution in [0.4, 0.5) is 33.4 Å². The van der Waals surface area contributed by atoms with E-state index in [2.05, 4.69) is 51.5 Å². The number of carbonyl (C=O) groups excluding carboxylic acids is 1. The van der Waals surface area contributed by atoms with Crippen molar-refractivity contribution in [2.75, 3.05) is 61.2 Å². The minimum absolute atomic E-state index is 0.257. The number of benzene rings is 3. The lowest BCUT2D eigenvalue weighted by Crippen LogP contribution is -2.50. The molecule has 4 aromatic rings. The van der Waals surface area contributed by atoms with Crippen molar-refractivity contribution in [3.8, 4) is 11.5 Å². The van der Waals surface area contributed by atoms with E-state index < -0.39 is 5.60 Å². The molecule has 3 aromatic carbocycles. The second kappa shape index (κ2) is 14.3. The Bertz CT molecular complexity index is 1530. The van der Waals surface area contributed by atoms with E-state index in [1.807, 2.05) is 63.2 Å². The summed E-state index contributed by atoms with van der Waals surface area (Å²) in [6.07, 6.45) is 1.52. The molecule has 1 aliphatic rings. The molecule has 1 fully saturated rings. The van der Waals surface area contributed by atoms with Crippen LogP contribution in [0.25, 0.3) is 0 Å². The molecular formula is C36H44N6O4. The van der Waals surface area contributed by atoms with Crippen molar-refractivity contribution < 1.29 is 19.0 Å². The van der Waals surface area contributed by atoms with E-state index in [0.717, 1.165) is 52.8 Å². The maximum atomic E-state index is 12.4. The summed E-state index contributed by atoms with van der Waals surface area (Å²) < 4.78 is 16.2. The molecule has 0 saturated carbocycles. The summed E-state index contributed by atoms with van der Waals surface area (Å²) in [5.41, 5.74) is 11.9. The average molecular weight is 625 g/mol. The molecule has 242 valence electrons. The van der Waals surface area contributed by atoms with Gasteiger partial charge < -0.3 is 40.0 Å². The lowest BCUT2D eigenvalue weighted by atomic mass is 10.1. The van der Waals surface area contributed by atoms with Crippen LogP contribution in [0.3, 0.4) is 0 Å². The zero-order valence-electron chi connectivity index (χ0n) is 27.3. The highest BCUT2D eigenvalue weighted by Crippen LogP contribution is 2.33. The Kier molecular flexibility index (Phi) is 10.0. The predicted octanol–water partition coefficient (Wildman–Crippen LogP) is 6.69. The fourth-order valence-electron chi connectivity index (χ4n) is 5.32. The first kappa shape index (κ1) is 32.3. The number of rotatable bonds is 10. The van der Waals surface area contributed by atoms with Crippen molar-refractivity contribution in [1.82, 2.24) is 9.88 Å². The lowest BCUT2D eigenvalue weighted by Gasteiger charge is -2.36. The highest BCUT2D eigenvalue weighted by Gasteiger charge is 2.26. The quantitative estimate of drug-likeness (QED) is 0.200. The standard InChI is InChI=1S/C36H44N6O4/c1-36(2,3)46-35(43)41-22-20-40(21-23-41)29-12-10-28(11-13-29)39-32-18-19-38-34(33(32)37)42(24-26-6-14-30(44-4)15-7-26)25-27-8-16-31(45-5)17-9-27/h6-19H,20-25,37H2,1-5H3,(H,38,39). The maximum absolute atomic E-state index is 12.4. The molecule has 0 bridgehead atoms. The molecule has 10 nitrogen and oxygen atoms in total. The Morgan fingerprint density at radius 1 is 0.826 bits per heavy atom. The largest absolute Gasteiger partial charge is 0.497 e. The van der Waals surface area contributed by atoms with Crippen LogP contribution in [-0.4, -0.2) is 62.0 Å². The third-order valence-corrected chi connectivity index (χ3v) is 7.78. The van der Waals surface area contributed by atoms with Gasteiger partial charge in [-0.1, -0.05) is 24.3 Å². The number of pyridine rings is 1. The first-order chi connectivity index (χ1) is 22.1. The van der Waals surface area contributed by atoms with E-state index >= 15 is 0 Å². The lowest BCUT2D eigenvalue weighted by molar-refractivity contribution is 0.0240. The Morgan fingerprint density at radius 3 is 1.87 bits per heavy atom. The Hall–Kier alpha value is -5.12. The topological polar surface area (TPSA) is 105 Å². The molecule has 1 amide bonds. The summed E-state index contributed by atoms with van der Waals surface area (Å²) >= 11 is 0. The second-order valence-electron chi connectivity index (χ2n) is 12.3. The number of nitrogens with zero attached hydrogens (tertiary/aromatic N) is 4. The molecule has 1 aliphatic heterocycles. The van der Waals surface area contributed by atoms with Gasteiger partial charge in [0.05, 0.1) is 25.6 Å². The highest BCUT2D eigenvalue weighted by atomic mass is 16.6. The highest BCUT2D eigenvalue weighted by molar-refractivity contribution is 5.81. The fourth-order valence-corrected chi connectivity index (χ4v) is 5.32. The number of nitrogen functional groups attached to an aromatic ring is 1. The molecule has 46 heavy (non-hydrogen) atoms. The normalized spacial score (nSPS) is 13.2. The first-order valence-electron chi connectivity index (χ1n) is 15.5. The third-order valence-electron chi connectivity index (χ3n) is 7.78. The number of carbonyl (C=O) groups is 1. The van der Waals surface area contributed by atoms with Crippen molar-refractivity contribution in [3.63, 3.8) is 0 Å². The minimum Gasteiger partial charge on any atom is -0.497 e. The van der Waals surface area contributed by atoms with Crippen molar-refractivity contribution in [1.29, 1.82) is 0 Å². The van der Waals surface area contributed by atoms with Gasteiger partial charge in [-0.25, -0.2) is 9.78 Å². The number of aromatic nitrogens is 1. The van der Waals surface area contributed by atoms with E-state index in [1.165, 1.54) is 0 Å². The van der Waals surface area contributed by atoms with Crippen LogP contribution in [0.5, 0.6) is 11.5 Å². The van der Waals surface area contributed by atoms with Crippen LogP contribution in [0.15, 0.2) is 85.1 Å². The molecule has 1 aromatic heterocycles. The van der Waals surface area contributed by atoms with Crippen LogP contribution in [-0.2, 0) is 17.8 Å². The molecule has 1 saturated heterocycles. The summed E-state index contributed by atoms with van der Waals surface area (Å²) in [5, 5.41) is 3.49. The number of anilines is 5. The number of ether oxygens (including phenoxy) is 3. The monoisotopic (exact) mass is 624 g/mol. The number of methoxy groups -OCH3 is 2. The number of nitrogens with two attached hydrogens (primary N) is 1. The van der Waals surface area contributed by atoms with Gasteiger partial charge in [-0.2, -0.15) is 0 Å². The van der Waals surface area contributed by atoms with Crippen molar-refractivity contribution in [3.05, 3.63) is 96.2 Å². The zero-order chi connectivity index (χ0) is 32.7. The number of hydrogen-bond acceptors (Lipinski definition) is 9. The first-order valence-corrected chi connectivity index (χ1v) is 15.5. The van der Waals surface area contributed by atoms with E-state index in [0.29, 0.717) is 37.7 Å². The van der Waals surface area contributed by atoms with Crippen LogP contribution >= 0.6 is 0 Å². The molecule has 3 N–H and O–H groups in total. The SMILES string of the molecule is COc1ccc(CN(Cc2ccc(OC)cc2)c2nccc(Nc3ccc(N4CCN(C(=O)OC(C)(C)C)CC4)cc3)c2N)cc1. The van der Waals surface area contributed by atoms with E-state index in [1.54, 1.807) is 25.3 Å². The molecule has 2 heterocycles. The Morgan fingerprint density at radius 2 is 1.37 bits per heavy atom. The minimum atomic E-state index is -0.499. The molecular weight excluding hydrogens is 580 g/mol. The van der Waals surface area contributed by atoms with Crippen molar-refractivity contribution in [2.24, 2.45) is 0 Å². The molecule has 5 rings (SSSR count). The van der Waals surface area contributed by atoms with Gasteiger partial charge in [0.25, 0.3) is 0 Å². The van der Waals surface area contributed by atoms with Gasteiger partial charge in [0.15, 0.2) is 5.82 Å². The smallest absolute Gasteiger partial charge is 0.410 e. The van der Waals surface area contributed by atoms with Gasteiger partial charge >= 0.3 is 6.09 Å². The molecule has 0 unspecified atom stereocenters. The summed E-state index contributed by atoms with van der Waals surface area (Å²) in [5.74, 6) is 2.31. The molecule has 0 radical (unpaired) electrons. The fraction of sp³-hybridized carbons (Fsp3) is 0.333. The van der Waals surface area contributed by atoms with Crippen molar-refractivity contribution >= 4 is 34.7 Å². The number of nitrogens with one attached hydrogen (secondary N) is 1. The molecule has 0 aliphatic carbocycles. The van der Waals surface area contributed by atoms with Gasteiger partial charge in [0.2, 0.25) is 0 Å². The van der Waals surface area contributed by atoms with Gasteiger partial charge in [-0.3, -0.25) is 0 Å². The van der Waals surface area contributed by atoms with Gasteiger partial charge in [-0.15, -0.1) is 0 Å². The van der Waals surface area contributed by atoms with Crippen LogP contribution in [0, 0.1) is 0 Å². The number of hydrogen-bond donors (Lipinski definition) is 2. The third kappa shape index (κ3) is 8.32. The average Bonchev–Trinajstić information content (AvgIpc) is 3.06. The Balaban J connectivity index is 1.29. The summed E-state index contributed by atoms with van der Waals surface area (Å²) in [7, 11) is 3.33. The summed E-state index contributed by atoms with van der Waals surface area (Å²) in [6.45, 7) is 9.59. The van der Waals surface area contributed by atoms with Crippen LogP contribution in [0.2, 0.25) is 0 Å². The molecule has 0 spiro atoms. The maximum Gasteiger partial charge on any atom is 0.410 e. The molecule has 10 heteroatoms. The van der Waals surface area contributed by atoms with Gasteiger partial charge in [0, 0.05) is 56.8 Å². The summed E-state index contributed by atoms with van der Waals surface area (Å²) in [4.78, 5) is 23.4. The Labute approximate surface area is 271 Å². The second-order valence-corrected chi connectivity index (χ2v) is 12.3. The van der Waals surface area contributed by atoms with Crippen molar-refractivity contribution in [2.45, 2.75) is 39.5 Å². The van der Waals surface area contributed by atoms with Gasteiger partial charge in [-0.05, 0) is 86.5 Å². The van der Waals surface area contributed by atoms with Crippen LogP contribution < -0.4 is 30.3 Å². The zero-order valence-corrected chi connectivity index (χ0v) is 27.3. The van der Waals surface area contributed by atoms with Gasteiger partial charge in [0.1, 0.15) is 17.1 Å². The number of piperazine rings is 1. The summed E-state index contributed by atoms with van der Waals surface area (Å²) in [6, 6.07) is 26.2. The van der Waals surface area contributed by atoms with E-state index in [4.69, 9.17) is 24.9 Å². The molecule has 0 atom stereocenters. The predicted molar refractivity (Wildman–Crippen MR) is 184 cm³/mol. The number of amides is 1. The van der Waals surface area contributed by atoms with E-state index in [9.17, 15) is 4.79 Å². The van der Waals surface area contributed by atoms with E-state index in [-0.39, 0.29) is 6.09 Å². The van der Waals surface area contributed by atoms with Crippen LogP contribution in [0.1, 0.15) is 31.9 Å².